The van der Waals surface area contributed by atoms with Crippen LogP contribution in [0.15, 0.2) is 72.9 Å². The number of hydrogen-bond acceptors (Lipinski definition) is 5. The van der Waals surface area contributed by atoms with Crippen molar-refractivity contribution in [2.75, 3.05) is 42.9 Å². The van der Waals surface area contributed by atoms with E-state index >= 15 is 0 Å². The molecule has 3 aromatic rings. The van der Waals surface area contributed by atoms with Crippen LogP contribution in [0.25, 0.3) is 0 Å². The maximum atomic E-state index is 13.3. The zero-order valence-corrected chi connectivity index (χ0v) is 21.3. The normalized spacial score (nSPS) is 15.5. The van der Waals surface area contributed by atoms with E-state index in [1.54, 1.807) is 12.3 Å². The number of rotatable bonds is 9. The van der Waals surface area contributed by atoms with Gasteiger partial charge in [-0.05, 0) is 43.0 Å². The zero-order chi connectivity index (χ0) is 25.5. The van der Waals surface area contributed by atoms with E-state index in [0.29, 0.717) is 25.5 Å². The number of nitrogens with zero attached hydrogens (tertiary/aromatic N) is 3. The number of carbonyl (C=O) groups is 2. The van der Waals surface area contributed by atoms with Gasteiger partial charge in [0.2, 0.25) is 11.8 Å². The van der Waals surface area contributed by atoms with Crippen molar-refractivity contribution in [3.63, 3.8) is 0 Å². The Morgan fingerprint density at radius 3 is 2.39 bits per heavy atom. The number of benzene rings is 2. The number of piperazine rings is 1. The highest BCUT2D eigenvalue weighted by molar-refractivity contribution is 5.95. The molecule has 2 amide bonds. The number of pyridine rings is 1. The molecular weight excluding hydrogens is 450 g/mol. The van der Waals surface area contributed by atoms with Crippen LogP contribution in [-0.4, -0.2) is 54.4 Å². The summed E-state index contributed by atoms with van der Waals surface area (Å²) in [6.07, 6.45) is 1.72. The Kier molecular flexibility index (Phi) is 8.33. The van der Waals surface area contributed by atoms with Gasteiger partial charge in [0.25, 0.3) is 0 Å². The molecule has 0 saturated carbocycles. The highest BCUT2D eigenvalue weighted by Crippen LogP contribution is 2.21. The van der Waals surface area contributed by atoms with Crippen LogP contribution in [0, 0.1) is 6.92 Å². The molecule has 2 N–H and O–H groups in total. The lowest BCUT2D eigenvalue weighted by Crippen LogP contribution is -2.50. The maximum absolute atomic E-state index is 13.3. The molecule has 0 bridgehead atoms. The summed E-state index contributed by atoms with van der Waals surface area (Å²) in [5, 5.41) is 6.42. The van der Waals surface area contributed by atoms with Gasteiger partial charge in [0.15, 0.2) is 0 Å². The van der Waals surface area contributed by atoms with Crippen LogP contribution in [0.5, 0.6) is 0 Å². The summed E-state index contributed by atoms with van der Waals surface area (Å²) < 4.78 is 0. The molecule has 0 radical (unpaired) electrons. The molecule has 7 heteroatoms. The van der Waals surface area contributed by atoms with E-state index in [1.807, 2.05) is 53.1 Å². The van der Waals surface area contributed by atoms with Gasteiger partial charge in [-0.3, -0.25) is 9.59 Å². The van der Waals surface area contributed by atoms with Crippen molar-refractivity contribution in [3.8, 4) is 0 Å². The van der Waals surface area contributed by atoms with Gasteiger partial charge in [-0.25, -0.2) is 4.98 Å². The summed E-state index contributed by atoms with van der Waals surface area (Å²) in [6, 6.07) is 21.4. The Hall–Kier alpha value is -3.71. The van der Waals surface area contributed by atoms with Crippen molar-refractivity contribution in [1.29, 1.82) is 0 Å². The molecule has 0 unspecified atom stereocenters. The minimum Gasteiger partial charge on any atom is -0.359 e. The van der Waals surface area contributed by atoms with Crippen molar-refractivity contribution in [1.82, 2.24) is 15.2 Å². The highest BCUT2D eigenvalue weighted by Gasteiger charge is 2.24. The van der Waals surface area contributed by atoms with Gasteiger partial charge in [0.1, 0.15) is 11.9 Å². The van der Waals surface area contributed by atoms with Crippen molar-refractivity contribution < 1.29 is 9.59 Å². The number of aryl methyl sites for hydroxylation is 1. The van der Waals surface area contributed by atoms with Gasteiger partial charge in [0.05, 0.1) is 18.4 Å². The standard InChI is InChI=1S/C29H35N5O2/c1-4-33-16-17-34(20-27(33)35)25-14-15-26(30-19-25)32-29(36)28(24-8-6-5-7-9-24)31-18-22(3)23-12-10-21(2)11-13-23/h5-15,19,22,28,31H,4,16-18,20H2,1-3H3,(H,30,32,36)/t22-,28+/m0/s1. The summed E-state index contributed by atoms with van der Waals surface area (Å²) >= 11 is 0. The first kappa shape index (κ1) is 25.4. The van der Waals surface area contributed by atoms with E-state index in [-0.39, 0.29) is 17.7 Å². The number of aromatic nitrogens is 1. The smallest absolute Gasteiger partial charge is 0.247 e. The Balaban J connectivity index is 1.41. The minimum absolute atomic E-state index is 0.123. The molecular formula is C29H35N5O2. The summed E-state index contributed by atoms with van der Waals surface area (Å²) in [6.45, 7) is 9.44. The number of hydrogen-bond donors (Lipinski definition) is 2. The van der Waals surface area contributed by atoms with Crippen molar-refractivity contribution in [2.45, 2.75) is 32.7 Å². The molecule has 0 aliphatic carbocycles. The number of anilines is 2. The average molecular weight is 486 g/mol. The second kappa shape index (κ2) is 11.8. The SMILES string of the molecule is CCN1CCN(c2ccc(NC(=O)[C@H](NC[C@H](C)c3ccc(C)cc3)c3ccccc3)nc2)CC1=O. The summed E-state index contributed by atoms with van der Waals surface area (Å²) in [5.74, 6) is 0.691. The van der Waals surface area contributed by atoms with Crippen LogP contribution in [-0.2, 0) is 9.59 Å². The first-order valence-corrected chi connectivity index (χ1v) is 12.6. The van der Waals surface area contributed by atoms with Crippen LogP contribution < -0.4 is 15.5 Å². The predicted octanol–water partition coefficient (Wildman–Crippen LogP) is 4.13. The van der Waals surface area contributed by atoms with Gasteiger partial charge in [-0.1, -0.05) is 67.1 Å². The third-order valence-electron chi connectivity index (χ3n) is 6.73. The fourth-order valence-corrected chi connectivity index (χ4v) is 4.42. The van der Waals surface area contributed by atoms with E-state index in [2.05, 4.69) is 53.7 Å². The third-order valence-corrected chi connectivity index (χ3v) is 6.73. The highest BCUT2D eigenvalue weighted by atomic mass is 16.2. The number of nitrogens with one attached hydrogen (secondary N) is 2. The lowest BCUT2D eigenvalue weighted by atomic mass is 9.98. The Labute approximate surface area is 213 Å². The van der Waals surface area contributed by atoms with Gasteiger partial charge in [-0.15, -0.1) is 0 Å². The van der Waals surface area contributed by atoms with Crippen molar-refractivity contribution in [2.24, 2.45) is 0 Å². The summed E-state index contributed by atoms with van der Waals surface area (Å²) in [4.78, 5) is 33.9. The molecule has 188 valence electrons. The molecule has 0 spiro atoms. The topological polar surface area (TPSA) is 77.6 Å². The van der Waals surface area contributed by atoms with Gasteiger partial charge in [-0.2, -0.15) is 0 Å². The molecule has 1 aliphatic rings. The van der Waals surface area contributed by atoms with Gasteiger partial charge >= 0.3 is 0 Å². The molecule has 1 saturated heterocycles. The predicted molar refractivity (Wildman–Crippen MR) is 144 cm³/mol. The molecule has 2 heterocycles. The van der Waals surface area contributed by atoms with Crippen LogP contribution >= 0.6 is 0 Å². The molecule has 2 aromatic carbocycles. The summed E-state index contributed by atoms with van der Waals surface area (Å²) in [5.41, 5.74) is 4.24. The maximum Gasteiger partial charge on any atom is 0.247 e. The molecule has 1 aliphatic heterocycles. The Morgan fingerprint density at radius 1 is 1.00 bits per heavy atom. The van der Waals surface area contributed by atoms with E-state index in [4.69, 9.17) is 0 Å². The molecule has 1 aromatic heterocycles. The van der Waals surface area contributed by atoms with Crippen LogP contribution in [0.1, 0.15) is 42.5 Å². The van der Waals surface area contributed by atoms with Gasteiger partial charge < -0.3 is 20.4 Å². The molecule has 36 heavy (non-hydrogen) atoms. The quantitative estimate of drug-likeness (QED) is 0.477. The molecule has 2 atom stereocenters. The fraction of sp³-hybridized carbons (Fsp3) is 0.345. The minimum atomic E-state index is -0.514. The summed E-state index contributed by atoms with van der Waals surface area (Å²) in [7, 11) is 0. The van der Waals surface area contributed by atoms with E-state index in [9.17, 15) is 9.59 Å². The number of likely N-dealkylation sites (N-methyl/N-ethyl adjacent to an activating group) is 1. The lowest BCUT2D eigenvalue weighted by Gasteiger charge is -2.34. The van der Waals surface area contributed by atoms with Crippen LogP contribution in [0.4, 0.5) is 11.5 Å². The van der Waals surface area contributed by atoms with Crippen molar-refractivity contribution in [3.05, 3.63) is 89.6 Å². The van der Waals surface area contributed by atoms with Gasteiger partial charge in [0, 0.05) is 26.2 Å². The zero-order valence-electron chi connectivity index (χ0n) is 21.3. The first-order chi connectivity index (χ1) is 17.4. The molecule has 7 nitrogen and oxygen atoms in total. The lowest BCUT2D eigenvalue weighted by molar-refractivity contribution is -0.130. The monoisotopic (exact) mass is 485 g/mol. The first-order valence-electron chi connectivity index (χ1n) is 12.6. The Bertz CT molecular complexity index is 1150. The van der Waals surface area contributed by atoms with Crippen LogP contribution in [0.3, 0.4) is 0 Å². The number of amides is 2. The third kappa shape index (κ3) is 6.29. The average Bonchev–Trinajstić information content (AvgIpc) is 2.90. The second-order valence-electron chi connectivity index (χ2n) is 9.35. The van der Waals surface area contributed by atoms with E-state index in [1.165, 1.54) is 11.1 Å². The molecule has 4 rings (SSSR count). The molecule has 1 fully saturated rings. The van der Waals surface area contributed by atoms with Crippen molar-refractivity contribution >= 4 is 23.3 Å². The fourth-order valence-electron chi connectivity index (χ4n) is 4.42. The Morgan fingerprint density at radius 2 is 1.75 bits per heavy atom. The largest absolute Gasteiger partial charge is 0.359 e. The van der Waals surface area contributed by atoms with E-state index in [0.717, 1.165) is 24.3 Å². The van der Waals surface area contributed by atoms with Crippen LogP contribution in [0.2, 0.25) is 0 Å². The number of carbonyl (C=O) groups excluding carboxylic acids is 2. The van der Waals surface area contributed by atoms with E-state index < -0.39 is 6.04 Å². The second-order valence-corrected chi connectivity index (χ2v) is 9.35.